The van der Waals surface area contributed by atoms with E-state index in [0.29, 0.717) is 13.1 Å². The molecule has 4 fully saturated rings. The average molecular weight is 482 g/mol. The highest BCUT2D eigenvalue weighted by molar-refractivity contribution is 5.93. The lowest BCUT2D eigenvalue weighted by molar-refractivity contribution is -0.140. The van der Waals surface area contributed by atoms with Crippen LogP contribution < -0.4 is 15.5 Å². The molecule has 2 heterocycles. The van der Waals surface area contributed by atoms with Crippen LogP contribution in [-0.2, 0) is 9.59 Å². The lowest BCUT2D eigenvalue weighted by Gasteiger charge is -2.48. The molecule has 2 saturated heterocycles. The summed E-state index contributed by atoms with van der Waals surface area (Å²) in [6, 6.07) is 9.48. The number of amides is 4. The number of carbonyl (C=O) groups excluding carboxylic acids is 3. The van der Waals surface area contributed by atoms with Crippen molar-refractivity contribution in [1.29, 1.82) is 0 Å². The monoisotopic (exact) mass is 481 g/mol. The van der Waals surface area contributed by atoms with Gasteiger partial charge in [-0.2, -0.15) is 0 Å². The van der Waals surface area contributed by atoms with Gasteiger partial charge >= 0.3 is 6.03 Å². The minimum absolute atomic E-state index is 0.00544. The summed E-state index contributed by atoms with van der Waals surface area (Å²) in [6.07, 6.45) is 9.42. The van der Waals surface area contributed by atoms with Crippen molar-refractivity contribution < 1.29 is 14.4 Å². The Morgan fingerprint density at radius 3 is 2.31 bits per heavy atom. The summed E-state index contributed by atoms with van der Waals surface area (Å²) in [5.74, 6) is -0.217. The van der Waals surface area contributed by atoms with Crippen molar-refractivity contribution in [3.63, 3.8) is 0 Å². The summed E-state index contributed by atoms with van der Waals surface area (Å²) >= 11 is 0. The van der Waals surface area contributed by atoms with Crippen molar-refractivity contribution in [2.75, 3.05) is 31.1 Å². The van der Waals surface area contributed by atoms with Gasteiger partial charge in [0.1, 0.15) is 6.04 Å². The van der Waals surface area contributed by atoms with Crippen molar-refractivity contribution >= 4 is 23.5 Å². The van der Waals surface area contributed by atoms with E-state index < -0.39 is 6.04 Å². The largest absolute Gasteiger partial charge is 0.368 e. The molecule has 5 rings (SSSR count). The second-order valence-corrected chi connectivity index (χ2v) is 10.6. The number of hydrogen-bond donors (Lipinski definition) is 2. The molecule has 0 radical (unpaired) electrons. The van der Waals surface area contributed by atoms with Gasteiger partial charge in [0.05, 0.1) is 12.5 Å². The van der Waals surface area contributed by atoms with Crippen LogP contribution in [0.2, 0.25) is 0 Å². The van der Waals surface area contributed by atoms with Crippen LogP contribution >= 0.6 is 0 Å². The van der Waals surface area contributed by atoms with E-state index in [1.54, 1.807) is 4.90 Å². The van der Waals surface area contributed by atoms with E-state index in [1.807, 2.05) is 23.1 Å². The van der Waals surface area contributed by atoms with E-state index in [9.17, 15) is 14.4 Å². The van der Waals surface area contributed by atoms with Gasteiger partial charge in [0.25, 0.3) is 0 Å². The number of piperazine rings is 2. The lowest BCUT2D eigenvalue weighted by Crippen LogP contribution is -2.70. The van der Waals surface area contributed by atoms with Crippen LogP contribution in [0.1, 0.15) is 64.2 Å². The van der Waals surface area contributed by atoms with Gasteiger partial charge in [0, 0.05) is 44.0 Å². The Hall–Kier alpha value is -2.77. The number of anilines is 1. The van der Waals surface area contributed by atoms with Crippen LogP contribution in [0.4, 0.5) is 10.5 Å². The predicted molar refractivity (Wildman–Crippen MR) is 135 cm³/mol. The van der Waals surface area contributed by atoms with E-state index >= 15 is 0 Å². The molecule has 2 aliphatic heterocycles. The van der Waals surface area contributed by atoms with Crippen LogP contribution in [0.15, 0.2) is 30.3 Å². The number of nitrogens with zero attached hydrogens (tertiary/aromatic N) is 3. The zero-order valence-corrected chi connectivity index (χ0v) is 20.7. The molecule has 3 atom stereocenters. The molecular weight excluding hydrogens is 442 g/mol. The molecule has 4 aliphatic rings. The van der Waals surface area contributed by atoms with Gasteiger partial charge in [-0.15, -0.1) is 0 Å². The summed E-state index contributed by atoms with van der Waals surface area (Å²) in [5.41, 5.74) is 1.17. The fourth-order valence-electron chi connectivity index (χ4n) is 6.38. The maximum Gasteiger partial charge on any atom is 0.318 e. The van der Waals surface area contributed by atoms with Crippen LogP contribution in [0.25, 0.3) is 0 Å². The topological polar surface area (TPSA) is 85.0 Å². The molecule has 2 saturated carbocycles. The summed E-state index contributed by atoms with van der Waals surface area (Å²) in [5, 5.41) is 6.38. The number of para-hydroxylation sites is 1. The number of hydrogen-bond acceptors (Lipinski definition) is 4. The summed E-state index contributed by atoms with van der Waals surface area (Å²) in [6.45, 7) is 2.79. The molecule has 35 heavy (non-hydrogen) atoms. The first-order valence-electron chi connectivity index (χ1n) is 13.6. The Labute approximate surface area is 208 Å². The molecule has 4 amide bonds. The first-order chi connectivity index (χ1) is 17.1. The number of fused-ring (bicyclic) bond motifs is 1. The van der Waals surface area contributed by atoms with Gasteiger partial charge in [-0.1, -0.05) is 50.3 Å². The third-order valence-electron chi connectivity index (χ3n) is 8.34. The van der Waals surface area contributed by atoms with Crippen molar-refractivity contribution in [3.05, 3.63) is 30.3 Å². The third kappa shape index (κ3) is 5.41. The van der Waals surface area contributed by atoms with Crippen LogP contribution in [0, 0.1) is 0 Å². The van der Waals surface area contributed by atoms with Gasteiger partial charge in [-0.25, -0.2) is 4.79 Å². The van der Waals surface area contributed by atoms with E-state index in [4.69, 9.17) is 0 Å². The first kappa shape index (κ1) is 23.9. The maximum absolute atomic E-state index is 13.5. The zero-order valence-electron chi connectivity index (χ0n) is 20.7. The highest BCUT2D eigenvalue weighted by Crippen LogP contribution is 2.30. The lowest BCUT2D eigenvalue weighted by atomic mass is 9.85. The Morgan fingerprint density at radius 2 is 1.57 bits per heavy atom. The van der Waals surface area contributed by atoms with Gasteiger partial charge in [0.15, 0.2) is 0 Å². The van der Waals surface area contributed by atoms with Crippen LogP contribution in [0.5, 0.6) is 0 Å². The minimum atomic E-state index is -0.738. The molecule has 0 spiro atoms. The number of urea groups is 1. The second kappa shape index (κ2) is 10.9. The van der Waals surface area contributed by atoms with E-state index in [-0.39, 0.29) is 42.4 Å². The molecule has 0 aromatic heterocycles. The highest BCUT2D eigenvalue weighted by atomic mass is 16.2. The molecule has 2 aliphatic carbocycles. The number of carbonyl (C=O) groups is 3. The molecule has 190 valence electrons. The van der Waals surface area contributed by atoms with Gasteiger partial charge in [0.2, 0.25) is 11.8 Å². The van der Waals surface area contributed by atoms with Crippen molar-refractivity contribution in [1.82, 2.24) is 20.4 Å². The standard InChI is InChI=1S/C27H39N5O3/c33-25(31-17-15-30(16-18-31)21-11-5-2-6-12-21)19-24-26(34)29-22-13-7-8-14-23(22)32(24)27(35)28-20-9-3-1-4-10-20/h2,5-6,11-12,20,22-24H,1,3-4,7-10,13-19H2,(H,28,35)(H,29,34)/t22-,23+,24+/m1/s1. The number of nitrogens with one attached hydrogen (secondary N) is 2. The zero-order chi connectivity index (χ0) is 24.2. The number of rotatable bonds is 4. The summed E-state index contributed by atoms with van der Waals surface area (Å²) in [7, 11) is 0. The van der Waals surface area contributed by atoms with E-state index in [0.717, 1.165) is 64.5 Å². The Bertz CT molecular complexity index is 895. The summed E-state index contributed by atoms with van der Waals surface area (Å²) in [4.78, 5) is 46.0. The maximum atomic E-state index is 13.5. The SMILES string of the molecule is O=C1N[C@@H]2CCCC[C@@H]2N(C(=O)NC2CCCCC2)[C@H]1CC(=O)N1CCN(c2ccccc2)CC1. The van der Waals surface area contributed by atoms with Gasteiger partial charge in [-0.05, 0) is 37.8 Å². The molecular formula is C27H39N5O3. The van der Waals surface area contributed by atoms with Crippen molar-refractivity contribution in [2.24, 2.45) is 0 Å². The average Bonchev–Trinajstić information content (AvgIpc) is 2.90. The van der Waals surface area contributed by atoms with E-state index in [2.05, 4.69) is 27.7 Å². The van der Waals surface area contributed by atoms with Crippen molar-refractivity contribution in [3.8, 4) is 0 Å². The molecule has 1 aromatic carbocycles. The first-order valence-corrected chi connectivity index (χ1v) is 13.6. The van der Waals surface area contributed by atoms with E-state index in [1.165, 1.54) is 12.1 Å². The van der Waals surface area contributed by atoms with Crippen LogP contribution in [-0.4, -0.2) is 78.0 Å². The normalized spacial score (nSPS) is 27.7. The molecule has 8 nitrogen and oxygen atoms in total. The number of benzene rings is 1. The second-order valence-electron chi connectivity index (χ2n) is 10.6. The van der Waals surface area contributed by atoms with Gasteiger partial charge < -0.3 is 25.3 Å². The fourth-order valence-corrected chi connectivity index (χ4v) is 6.38. The predicted octanol–water partition coefficient (Wildman–Crippen LogP) is 2.88. The quantitative estimate of drug-likeness (QED) is 0.693. The fraction of sp³-hybridized carbons (Fsp3) is 0.667. The minimum Gasteiger partial charge on any atom is -0.368 e. The third-order valence-corrected chi connectivity index (χ3v) is 8.34. The smallest absolute Gasteiger partial charge is 0.318 e. The van der Waals surface area contributed by atoms with Gasteiger partial charge in [-0.3, -0.25) is 9.59 Å². The molecule has 2 N–H and O–H groups in total. The van der Waals surface area contributed by atoms with Crippen molar-refractivity contribution in [2.45, 2.75) is 88.4 Å². The molecule has 1 aromatic rings. The Kier molecular flexibility index (Phi) is 7.44. The Balaban J connectivity index is 1.25. The highest BCUT2D eigenvalue weighted by Gasteiger charge is 2.46. The summed E-state index contributed by atoms with van der Waals surface area (Å²) < 4.78 is 0. The molecule has 8 heteroatoms. The Morgan fingerprint density at radius 1 is 0.886 bits per heavy atom. The molecule has 0 unspecified atom stereocenters. The molecule has 0 bridgehead atoms. The van der Waals surface area contributed by atoms with Crippen LogP contribution in [0.3, 0.4) is 0 Å².